The Labute approximate surface area is 117 Å². The predicted octanol–water partition coefficient (Wildman–Crippen LogP) is 1.71. The first-order valence-electron chi connectivity index (χ1n) is 6.90. The summed E-state index contributed by atoms with van der Waals surface area (Å²) >= 11 is 0. The van der Waals surface area contributed by atoms with Crippen LogP contribution in [0.4, 0.5) is 8.78 Å². The molecule has 2 atom stereocenters. The average Bonchev–Trinajstić information content (AvgIpc) is 2.96. The van der Waals surface area contributed by atoms with Gasteiger partial charge >= 0.3 is 0 Å². The van der Waals surface area contributed by atoms with Crippen molar-refractivity contribution in [1.29, 1.82) is 0 Å². The molecule has 0 amide bonds. The molecule has 20 heavy (non-hydrogen) atoms. The number of fused-ring (bicyclic) bond motifs is 1. The number of hydrogen-bond acceptors (Lipinski definition) is 3. The maximum atomic E-state index is 13.9. The molecule has 2 aliphatic rings. The standard InChI is InChI=1S/C15H19F2NO2/c1-10-2-3-11(14(17)13(10)16)4-18-5-12-6-20-9-15(12,7-18)8-19/h2-3,12,19H,4-9H2,1H3/t12-,15-/m0/s1. The van der Waals surface area contributed by atoms with Crippen LogP contribution in [0, 0.1) is 29.9 Å². The van der Waals surface area contributed by atoms with Crippen LogP contribution in [0.2, 0.25) is 0 Å². The van der Waals surface area contributed by atoms with Gasteiger partial charge in [0.05, 0.1) is 19.8 Å². The van der Waals surface area contributed by atoms with Crippen LogP contribution in [0.5, 0.6) is 0 Å². The third kappa shape index (κ3) is 2.14. The van der Waals surface area contributed by atoms with Crippen LogP contribution in [0.15, 0.2) is 12.1 Å². The molecule has 1 aromatic carbocycles. The molecule has 0 aromatic heterocycles. The number of aliphatic hydroxyl groups is 1. The summed E-state index contributed by atoms with van der Waals surface area (Å²) in [6.45, 7) is 4.64. The molecule has 2 fully saturated rings. The van der Waals surface area contributed by atoms with E-state index in [1.807, 2.05) is 0 Å². The first kappa shape index (κ1) is 13.9. The van der Waals surface area contributed by atoms with E-state index in [1.54, 1.807) is 19.1 Å². The smallest absolute Gasteiger partial charge is 0.163 e. The molecule has 5 heteroatoms. The zero-order valence-electron chi connectivity index (χ0n) is 11.5. The number of aliphatic hydroxyl groups excluding tert-OH is 1. The van der Waals surface area contributed by atoms with Crippen LogP contribution in [0.25, 0.3) is 0 Å². The molecule has 0 spiro atoms. The molecule has 3 rings (SSSR count). The lowest BCUT2D eigenvalue weighted by atomic mass is 9.82. The summed E-state index contributed by atoms with van der Waals surface area (Å²) in [7, 11) is 0. The largest absolute Gasteiger partial charge is 0.396 e. The molecule has 2 saturated heterocycles. The molecule has 110 valence electrons. The minimum Gasteiger partial charge on any atom is -0.396 e. The zero-order valence-corrected chi connectivity index (χ0v) is 11.5. The second kappa shape index (κ2) is 5.06. The highest BCUT2D eigenvalue weighted by Gasteiger charge is 2.50. The topological polar surface area (TPSA) is 32.7 Å². The van der Waals surface area contributed by atoms with Gasteiger partial charge in [0, 0.05) is 36.5 Å². The molecule has 2 aliphatic heterocycles. The summed E-state index contributed by atoms with van der Waals surface area (Å²) < 4.78 is 32.9. The summed E-state index contributed by atoms with van der Waals surface area (Å²) in [5.74, 6) is -1.23. The number of nitrogens with zero attached hydrogens (tertiary/aromatic N) is 1. The fraction of sp³-hybridized carbons (Fsp3) is 0.600. The van der Waals surface area contributed by atoms with E-state index in [4.69, 9.17) is 4.74 Å². The highest BCUT2D eigenvalue weighted by molar-refractivity contribution is 5.25. The molecular formula is C15H19F2NO2. The first-order valence-corrected chi connectivity index (χ1v) is 6.90. The van der Waals surface area contributed by atoms with Crippen molar-refractivity contribution >= 4 is 0 Å². The van der Waals surface area contributed by atoms with E-state index >= 15 is 0 Å². The zero-order chi connectivity index (χ0) is 14.3. The second-order valence-electron chi connectivity index (χ2n) is 6.07. The van der Waals surface area contributed by atoms with E-state index in [1.165, 1.54) is 0 Å². The lowest BCUT2D eigenvalue weighted by Crippen LogP contribution is -2.34. The van der Waals surface area contributed by atoms with Crippen LogP contribution in [-0.2, 0) is 11.3 Å². The minimum atomic E-state index is -0.762. The molecule has 1 aromatic rings. The fourth-order valence-electron chi connectivity index (χ4n) is 3.34. The highest BCUT2D eigenvalue weighted by atomic mass is 19.2. The number of likely N-dealkylation sites (tertiary alicyclic amines) is 1. The highest BCUT2D eigenvalue weighted by Crippen LogP contribution is 2.41. The van der Waals surface area contributed by atoms with Gasteiger partial charge in [-0.3, -0.25) is 4.90 Å². The van der Waals surface area contributed by atoms with Crippen LogP contribution in [0.3, 0.4) is 0 Å². The first-order chi connectivity index (χ1) is 9.55. The molecule has 0 radical (unpaired) electrons. The number of ether oxygens (including phenoxy) is 1. The van der Waals surface area contributed by atoms with Crippen molar-refractivity contribution in [3.8, 4) is 0 Å². The van der Waals surface area contributed by atoms with Gasteiger partial charge in [0.15, 0.2) is 11.6 Å². The predicted molar refractivity (Wildman–Crippen MR) is 70.2 cm³/mol. The Morgan fingerprint density at radius 3 is 2.90 bits per heavy atom. The van der Waals surface area contributed by atoms with E-state index in [9.17, 15) is 13.9 Å². The maximum Gasteiger partial charge on any atom is 0.163 e. The Morgan fingerprint density at radius 2 is 2.20 bits per heavy atom. The lowest BCUT2D eigenvalue weighted by molar-refractivity contribution is 0.0801. The van der Waals surface area contributed by atoms with Crippen molar-refractivity contribution in [3.05, 3.63) is 34.9 Å². The van der Waals surface area contributed by atoms with Crippen molar-refractivity contribution in [2.24, 2.45) is 11.3 Å². The Morgan fingerprint density at radius 1 is 1.40 bits per heavy atom. The number of hydrogen-bond donors (Lipinski definition) is 1. The Bertz CT molecular complexity index is 523. The number of halogens is 2. The Kier molecular flexibility index (Phi) is 3.52. The van der Waals surface area contributed by atoms with Gasteiger partial charge in [0.1, 0.15) is 0 Å². The van der Waals surface area contributed by atoms with Gasteiger partial charge in [-0.25, -0.2) is 8.78 Å². The summed E-state index contributed by atoms with van der Waals surface area (Å²) in [5.41, 5.74) is 0.478. The van der Waals surface area contributed by atoms with Crippen molar-refractivity contribution < 1.29 is 18.6 Å². The van der Waals surface area contributed by atoms with Gasteiger partial charge in [0.25, 0.3) is 0 Å². The monoisotopic (exact) mass is 283 g/mol. The van der Waals surface area contributed by atoms with Gasteiger partial charge in [0.2, 0.25) is 0 Å². The van der Waals surface area contributed by atoms with E-state index in [0.717, 1.165) is 6.54 Å². The van der Waals surface area contributed by atoms with E-state index in [-0.39, 0.29) is 17.9 Å². The average molecular weight is 283 g/mol. The van der Waals surface area contributed by atoms with E-state index in [2.05, 4.69) is 4.90 Å². The second-order valence-corrected chi connectivity index (χ2v) is 6.07. The molecule has 0 aliphatic carbocycles. The van der Waals surface area contributed by atoms with Crippen LogP contribution in [-0.4, -0.2) is 42.9 Å². The van der Waals surface area contributed by atoms with Crippen molar-refractivity contribution in [3.63, 3.8) is 0 Å². The van der Waals surface area contributed by atoms with Crippen LogP contribution in [0.1, 0.15) is 11.1 Å². The number of rotatable bonds is 3. The summed E-state index contributed by atoms with van der Waals surface area (Å²) in [5, 5.41) is 9.61. The lowest BCUT2D eigenvalue weighted by Gasteiger charge is -2.24. The number of benzene rings is 1. The molecule has 0 unspecified atom stereocenters. The Balaban J connectivity index is 1.76. The minimum absolute atomic E-state index is 0.0822. The van der Waals surface area contributed by atoms with Gasteiger partial charge in [-0.2, -0.15) is 0 Å². The molecular weight excluding hydrogens is 264 g/mol. The SMILES string of the molecule is Cc1ccc(CN2C[C@H]3COC[C@@]3(CO)C2)c(F)c1F. The van der Waals surface area contributed by atoms with Crippen molar-refractivity contribution in [2.45, 2.75) is 13.5 Å². The van der Waals surface area contributed by atoms with Gasteiger partial charge in [-0.1, -0.05) is 12.1 Å². The number of aryl methyl sites for hydroxylation is 1. The van der Waals surface area contributed by atoms with Gasteiger partial charge in [-0.05, 0) is 12.5 Å². The molecule has 2 heterocycles. The quantitative estimate of drug-likeness (QED) is 0.917. The molecule has 0 saturated carbocycles. The van der Waals surface area contributed by atoms with E-state index in [0.29, 0.717) is 37.4 Å². The maximum absolute atomic E-state index is 13.9. The van der Waals surface area contributed by atoms with Crippen molar-refractivity contribution in [1.82, 2.24) is 4.90 Å². The van der Waals surface area contributed by atoms with E-state index < -0.39 is 11.6 Å². The van der Waals surface area contributed by atoms with Crippen molar-refractivity contribution in [2.75, 3.05) is 32.9 Å². The molecule has 1 N–H and O–H groups in total. The summed E-state index contributed by atoms with van der Waals surface area (Å²) in [6, 6.07) is 3.25. The normalized spacial score (nSPS) is 29.9. The molecule has 3 nitrogen and oxygen atoms in total. The van der Waals surface area contributed by atoms with Crippen LogP contribution < -0.4 is 0 Å². The van der Waals surface area contributed by atoms with Gasteiger partial charge < -0.3 is 9.84 Å². The van der Waals surface area contributed by atoms with Crippen LogP contribution >= 0.6 is 0 Å². The summed E-state index contributed by atoms with van der Waals surface area (Å²) in [4.78, 5) is 2.08. The third-order valence-corrected chi connectivity index (χ3v) is 4.66. The summed E-state index contributed by atoms with van der Waals surface area (Å²) in [6.07, 6.45) is 0. The Hall–Kier alpha value is -1.04. The third-order valence-electron chi connectivity index (χ3n) is 4.66. The fourth-order valence-corrected chi connectivity index (χ4v) is 3.34. The molecule has 0 bridgehead atoms. The van der Waals surface area contributed by atoms with Gasteiger partial charge in [-0.15, -0.1) is 0 Å².